The van der Waals surface area contributed by atoms with Crippen LogP contribution in [0.4, 0.5) is 27.6 Å². The Bertz CT molecular complexity index is 900. The molecule has 0 aliphatic rings. The molecule has 12 heteroatoms. The first-order valence-corrected chi connectivity index (χ1v) is 7.49. The van der Waals surface area contributed by atoms with Crippen LogP contribution in [0, 0.1) is 29.1 Å². The van der Waals surface area contributed by atoms with E-state index in [0.29, 0.717) is 0 Å². The average Bonchev–Trinajstić information content (AvgIpc) is 2.50. The van der Waals surface area contributed by atoms with Crippen molar-refractivity contribution in [1.82, 2.24) is 0 Å². The van der Waals surface area contributed by atoms with Crippen LogP contribution in [-0.2, 0) is 10.0 Å². The van der Waals surface area contributed by atoms with Gasteiger partial charge in [-0.1, -0.05) is 0 Å². The summed E-state index contributed by atoms with van der Waals surface area (Å²) in [4.78, 5) is -2.03. The summed E-state index contributed by atoms with van der Waals surface area (Å²) in [6.45, 7) is 0. The fourth-order valence-corrected chi connectivity index (χ4v) is 2.97. The number of benzene rings is 2. The van der Waals surface area contributed by atoms with Gasteiger partial charge in [0.2, 0.25) is 5.82 Å². The molecule has 0 unspecified atom stereocenters. The molecule has 0 atom stereocenters. The number of aromatic hydroxyl groups is 1. The molecule has 5 nitrogen and oxygen atoms in total. The van der Waals surface area contributed by atoms with Gasteiger partial charge in [0.25, 0.3) is 10.0 Å². The Hall–Kier alpha value is -0.924. The van der Waals surface area contributed by atoms with E-state index < -0.39 is 55.4 Å². The van der Waals surface area contributed by atoms with E-state index in [4.69, 9.17) is 4.74 Å². The maximum Gasteiger partial charge on any atom is 1.00 e. The number of hydrogen-bond donors (Lipinski definition) is 2. The summed E-state index contributed by atoms with van der Waals surface area (Å²) in [6, 6.07) is 2.98. The van der Waals surface area contributed by atoms with Crippen molar-refractivity contribution in [3.05, 3.63) is 47.3 Å². The molecule has 0 radical (unpaired) electrons. The van der Waals surface area contributed by atoms with E-state index in [2.05, 4.69) is 0 Å². The second kappa shape index (κ2) is 8.18. The molecule has 25 heavy (non-hydrogen) atoms. The zero-order valence-electron chi connectivity index (χ0n) is 13.7. The Morgan fingerprint density at radius 3 is 1.92 bits per heavy atom. The summed E-state index contributed by atoms with van der Waals surface area (Å²) in [5, 5.41) is 9.51. The number of phenols is 1. The zero-order chi connectivity index (χ0) is 18.2. The summed E-state index contributed by atoms with van der Waals surface area (Å²) < 4.78 is 96.6. The van der Waals surface area contributed by atoms with Crippen LogP contribution in [0.3, 0.4) is 0 Å². The fourth-order valence-electron chi connectivity index (χ4n) is 1.78. The maximum absolute atomic E-state index is 13.6. The van der Waals surface area contributed by atoms with Gasteiger partial charge in [0, 0.05) is 6.07 Å². The second-order valence-electron chi connectivity index (χ2n) is 4.39. The van der Waals surface area contributed by atoms with E-state index in [1.165, 1.54) is 7.11 Å². The van der Waals surface area contributed by atoms with Crippen molar-refractivity contribution < 1.29 is 93.0 Å². The standard InChI is InChI=1S/C13H8F5NO4S.K.H/c1-23-7-3-2-5(4-6(7)20)19-24(21,22)13-11(17)9(15)8(14)10(16)12(13)18;;/h2-4,19-20H,1H3;;/q;+1;-1. The van der Waals surface area contributed by atoms with Crippen molar-refractivity contribution in [3.8, 4) is 11.5 Å². The van der Waals surface area contributed by atoms with Gasteiger partial charge in [-0.15, -0.1) is 0 Å². The third-order valence-corrected chi connectivity index (χ3v) is 4.27. The van der Waals surface area contributed by atoms with Gasteiger partial charge in [-0.25, -0.2) is 30.4 Å². The Morgan fingerprint density at radius 1 is 1.00 bits per heavy atom. The Labute approximate surface area is 182 Å². The maximum atomic E-state index is 13.6. The van der Waals surface area contributed by atoms with E-state index >= 15 is 0 Å². The molecule has 2 rings (SSSR count). The molecule has 0 fully saturated rings. The molecule has 0 spiro atoms. The molecule has 2 aromatic rings. The van der Waals surface area contributed by atoms with Crippen LogP contribution in [0.2, 0.25) is 0 Å². The average molecular weight is 409 g/mol. The number of ether oxygens (including phenoxy) is 1. The molecule has 0 saturated heterocycles. The number of hydrogen-bond acceptors (Lipinski definition) is 4. The van der Waals surface area contributed by atoms with Crippen molar-refractivity contribution in [1.29, 1.82) is 0 Å². The van der Waals surface area contributed by atoms with E-state index in [0.717, 1.165) is 18.2 Å². The van der Waals surface area contributed by atoms with Gasteiger partial charge in [-0.05, 0) is 12.1 Å². The number of halogens is 5. The topological polar surface area (TPSA) is 75.6 Å². The predicted molar refractivity (Wildman–Crippen MR) is 72.8 cm³/mol. The van der Waals surface area contributed by atoms with Crippen molar-refractivity contribution in [2.24, 2.45) is 0 Å². The van der Waals surface area contributed by atoms with Crippen LogP contribution in [0.1, 0.15) is 1.43 Å². The van der Waals surface area contributed by atoms with Crippen LogP contribution in [0.25, 0.3) is 0 Å². The minimum atomic E-state index is -5.17. The number of anilines is 1. The monoisotopic (exact) mass is 409 g/mol. The fraction of sp³-hybridized carbons (Fsp3) is 0.0769. The molecule has 2 aromatic carbocycles. The van der Waals surface area contributed by atoms with Gasteiger partial charge in [-0.2, -0.15) is 0 Å². The molecule has 0 aliphatic heterocycles. The summed E-state index contributed by atoms with van der Waals surface area (Å²) >= 11 is 0. The molecular weight excluding hydrogens is 400 g/mol. The van der Waals surface area contributed by atoms with Crippen molar-refractivity contribution in [2.45, 2.75) is 4.90 Å². The number of methoxy groups -OCH3 is 1. The Balaban J connectivity index is 0.00000312. The third kappa shape index (κ3) is 4.26. The van der Waals surface area contributed by atoms with Gasteiger partial charge in [0.1, 0.15) is 0 Å². The summed E-state index contributed by atoms with van der Waals surface area (Å²) in [5.74, 6) is -12.8. The van der Waals surface area contributed by atoms with Crippen LogP contribution in [0.15, 0.2) is 23.1 Å². The van der Waals surface area contributed by atoms with Crippen molar-refractivity contribution >= 4 is 15.7 Å². The smallest absolute Gasteiger partial charge is 1.00 e. The van der Waals surface area contributed by atoms with Crippen molar-refractivity contribution in [2.75, 3.05) is 11.8 Å². The molecule has 0 amide bonds. The summed E-state index contributed by atoms with van der Waals surface area (Å²) in [5.41, 5.74) is -0.391. The van der Waals surface area contributed by atoms with E-state index in [9.17, 15) is 35.5 Å². The number of sulfonamides is 1. The SMILES string of the molecule is COc1ccc(NS(=O)(=O)c2c(F)c(F)c(F)c(F)c2F)cc1O.[H-].[K+]. The van der Waals surface area contributed by atoms with E-state index in [1.807, 2.05) is 0 Å². The number of phenolic OH excluding ortho intramolecular Hbond substituents is 1. The third-order valence-electron chi connectivity index (χ3n) is 2.87. The zero-order valence-corrected chi connectivity index (χ0v) is 16.6. The van der Waals surface area contributed by atoms with Gasteiger partial charge in [-0.3, -0.25) is 4.72 Å². The van der Waals surface area contributed by atoms with Gasteiger partial charge < -0.3 is 11.3 Å². The van der Waals surface area contributed by atoms with Gasteiger partial charge >= 0.3 is 51.4 Å². The summed E-state index contributed by atoms with van der Waals surface area (Å²) in [7, 11) is -3.96. The predicted octanol–water partition coefficient (Wildman–Crippen LogP) is 0.0136. The first-order valence-electron chi connectivity index (χ1n) is 6.01. The minimum absolute atomic E-state index is 0. The molecule has 0 heterocycles. The van der Waals surface area contributed by atoms with Gasteiger partial charge in [0.15, 0.2) is 39.7 Å². The Morgan fingerprint density at radius 2 is 1.48 bits per heavy atom. The van der Waals surface area contributed by atoms with E-state index in [-0.39, 0.29) is 58.6 Å². The first kappa shape index (κ1) is 22.1. The van der Waals surface area contributed by atoms with Crippen LogP contribution in [-0.4, -0.2) is 20.6 Å². The van der Waals surface area contributed by atoms with Crippen molar-refractivity contribution in [3.63, 3.8) is 0 Å². The Kier molecular flexibility index (Phi) is 7.24. The normalized spacial score (nSPS) is 11.0. The quantitative estimate of drug-likeness (QED) is 0.323. The van der Waals surface area contributed by atoms with E-state index in [1.54, 1.807) is 4.72 Å². The minimum Gasteiger partial charge on any atom is -1.00 e. The molecule has 0 bridgehead atoms. The van der Waals surface area contributed by atoms with Gasteiger partial charge in [0.05, 0.1) is 12.8 Å². The number of rotatable bonds is 4. The molecule has 0 saturated carbocycles. The molecule has 0 aliphatic carbocycles. The molecular formula is C13H9F5KNO4S. The molecule has 2 N–H and O–H groups in total. The van der Waals surface area contributed by atoms with Crippen LogP contribution in [0.5, 0.6) is 11.5 Å². The van der Waals surface area contributed by atoms with Crippen LogP contribution < -0.4 is 60.8 Å². The first-order chi connectivity index (χ1) is 11.1. The van der Waals surface area contributed by atoms with Crippen LogP contribution >= 0.6 is 0 Å². The summed E-state index contributed by atoms with van der Waals surface area (Å²) in [6.07, 6.45) is 0. The number of nitrogens with one attached hydrogen (secondary N) is 1. The molecule has 0 aromatic heterocycles. The second-order valence-corrected chi connectivity index (χ2v) is 6.01. The largest absolute Gasteiger partial charge is 1.00 e. The molecule has 132 valence electrons.